The smallest absolute Gasteiger partial charge is 0.371 e. The summed E-state index contributed by atoms with van der Waals surface area (Å²) in [6.07, 6.45) is 11.0. The van der Waals surface area contributed by atoms with Crippen molar-refractivity contribution in [3.05, 3.63) is 65.0 Å². The van der Waals surface area contributed by atoms with Crippen LogP contribution < -0.4 is 4.74 Å². The lowest BCUT2D eigenvalue weighted by atomic mass is 10.1. The summed E-state index contributed by atoms with van der Waals surface area (Å²) in [6.45, 7) is 9.06. The highest BCUT2D eigenvalue weighted by Gasteiger charge is 2.10. The molecule has 0 aliphatic heterocycles. The Balaban J connectivity index is 1.79. The van der Waals surface area contributed by atoms with Crippen molar-refractivity contribution in [1.29, 1.82) is 0 Å². The fraction of sp³-hybridized carbons (Fsp3) is 0.375. The molecule has 0 aliphatic carbocycles. The van der Waals surface area contributed by atoms with E-state index >= 15 is 0 Å². The summed E-state index contributed by atoms with van der Waals surface area (Å²) in [5.74, 6) is -0.469. The molecular formula is C24H30O4. The number of rotatable bonds is 10. The van der Waals surface area contributed by atoms with Gasteiger partial charge < -0.3 is 14.3 Å². The van der Waals surface area contributed by atoms with Gasteiger partial charge in [-0.1, -0.05) is 28.9 Å². The number of allylic oxidation sites excluding steroid dienone is 5. The number of carbonyl (C=O) groups is 1. The molecule has 0 saturated carbocycles. The molecular weight excluding hydrogens is 352 g/mol. The molecule has 0 bridgehead atoms. The van der Waals surface area contributed by atoms with Crippen molar-refractivity contribution in [1.82, 2.24) is 0 Å². The van der Waals surface area contributed by atoms with E-state index in [0.29, 0.717) is 17.9 Å². The lowest BCUT2D eigenvalue weighted by Gasteiger charge is -2.05. The number of carboxylic acid groups (broad SMARTS) is 1. The van der Waals surface area contributed by atoms with Gasteiger partial charge in [0, 0.05) is 11.5 Å². The lowest BCUT2D eigenvalue weighted by molar-refractivity contribution is 0.0665. The Morgan fingerprint density at radius 3 is 2.36 bits per heavy atom. The molecule has 0 aliphatic rings. The van der Waals surface area contributed by atoms with Crippen LogP contribution in [0.25, 0.3) is 11.0 Å². The Kier molecular flexibility index (Phi) is 8.12. The van der Waals surface area contributed by atoms with Crippen LogP contribution in [-0.2, 0) is 0 Å². The quantitative estimate of drug-likeness (QED) is 0.453. The first-order chi connectivity index (χ1) is 13.3. The highest BCUT2D eigenvalue weighted by atomic mass is 16.5. The molecule has 28 heavy (non-hydrogen) atoms. The summed E-state index contributed by atoms with van der Waals surface area (Å²) >= 11 is 0. The first-order valence-electron chi connectivity index (χ1n) is 9.69. The summed E-state index contributed by atoms with van der Waals surface area (Å²) in [5, 5.41) is 9.74. The monoisotopic (exact) mass is 382 g/mol. The van der Waals surface area contributed by atoms with Crippen LogP contribution in [0.1, 0.15) is 63.9 Å². The van der Waals surface area contributed by atoms with Gasteiger partial charge in [0.25, 0.3) is 0 Å². The van der Waals surface area contributed by atoms with E-state index in [0.717, 1.165) is 31.1 Å². The Hall–Kier alpha value is -2.75. The normalized spacial score (nSPS) is 12.3. The zero-order chi connectivity index (χ0) is 20.5. The molecule has 2 rings (SSSR count). The molecule has 1 heterocycles. The Bertz CT molecular complexity index is 892. The fourth-order valence-corrected chi connectivity index (χ4v) is 2.83. The standard InChI is InChI=1S/C24H30O4/c1-17(2)7-5-8-18(3)9-6-10-19(4)13-14-27-21-12-11-20-15-23(24(25)26)28-22(20)16-21/h7,9,11-13,15-16H,5-6,8,10,14H2,1-4H3,(H,25,26). The molecule has 1 aromatic carbocycles. The van der Waals surface area contributed by atoms with Crippen LogP contribution in [0.3, 0.4) is 0 Å². The van der Waals surface area contributed by atoms with Crippen molar-refractivity contribution in [2.45, 2.75) is 53.4 Å². The topological polar surface area (TPSA) is 59.7 Å². The van der Waals surface area contributed by atoms with E-state index in [1.807, 2.05) is 6.07 Å². The van der Waals surface area contributed by atoms with Crippen LogP contribution in [0.15, 0.2) is 63.6 Å². The average molecular weight is 383 g/mol. The highest BCUT2D eigenvalue weighted by molar-refractivity contribution is 5.91. The first kappa shape index (κ1) is 21.5. The number of aromatic carboxylic acids is 1. The van der Waals surface area contributed by atoms with Gasteiger partial charge in [-0.3, -0.25) is 0 Å². The summed E-state index contributed by atoms with van der Waals surface area (Å²) < 4.78 is 11.1. The van der Waals surface area contributed by atoms with Crippen molar-refractivity contribution in [3.8, 4) is 5.75 Å². The number of fused-ring (bicyclic) bond motifs is 1. The third-order valence-electron chi connectivity index (χ3n) is 4.51. The second-order valence-electron chi connectivity index (χ2n) is 7.39. The molecule has 1 N–H and O–H groups in total. The minimum absolute atomic E-state index is 0.0629. The molecule has 150 valence electrons. The van der Waals surface area contributed by atoms with Gasteiger partial charge in [-0.05, 0) is 77.7 Å². The van der Waals surface area contributed by atoms with Crippen LogP contribution in [0.4, 0.5) is 0 Å². The number of carboxylic acids is 1. The summed E-state index contributed by atoms with van der Waals surface area (Å²) in [5.41, 5.74) is 4.62. The van der Waals surface area contributed by atoms with E-state index in [4.69, 9.17) is 14.3 Å². The summed E-state index contributed by atoms with van der Waals surface area (Å²) in [4.78, 5) is 11.0. The second kappa shape index (κ2) is 10.5. The Labute approximate surface area is 167 Å². The van der Waals surface area contributed by atoms with Crippen LogP contribution in [0, 0.1) is 0 Å². The molecule has 0 spiro atoms. The zero-order valence-electron chi connectivity index (χ0n) is 17.2. The maximum absolute atomic E-state index is 11.0. The van der Waals surface area contributed by atoms with Crippen LogP contribution in [0.2, 0.25) is 0 Å². The van der Waals surface area contributed by atoms with E-state index in [-0.39, 0.29) is 5.76 Å². The van der Waals surface area contributed by atoms with E-state index in [2.05, 4.69) is 45.9 Å². The number of hydrogen-bond donors (Lipinski definition) is 1. The molecule has 0 atom stereocenters. The third-order valence-corrected chi connectivity index (χ3v) is 4.51. The van der Waals surface area contributed by atoms with Crippen LogP contribution in [-0.4, -0.2) is 17.7 Å². The van der Waals surface area contributed by atoms with E-state index < -0.39 is 5.97 Å². The van der Waals surface area contributed by atoms with E-state index in [1.165, 1.54) is 22.8 Å². The van der Waals surface area contributed by atoms with Gasteiger partial charge in [0.1, 0.15) is 17.9 Å². The fourth-order valence-electron chi connectivity index (χ4n) is 2.83. The van der Waals surface area contributed by atoms with Gasteiger partial charge in [0.15, 0.2) is 0 Å². The molecule has 2 aromatic rings. The Morgan fingerprint density at radius 1 is 1.00 bits per heavy atom. The molecule has 0 unspecified atom stereocenters. The summed E-state index contributed by atoms with van der Waals surface area (Å²) in [7, 11) is 0. The molecule has 4 heteroatoms. The van der Waals surface area contributed by atoms with Gasteiger partial charge in [-0.25, -0.2) is 4.79 Å². The molecule has 0 fully saturated rings. The van der Waals surface area contributed by atoms with Crippen molar-refractivity contribution >= 4 is 16.9 Å². The van der Waals surface area contributed by atoms with Crippen molar-refractivity contribution in [2.24, 2.45) is 0 Å². The SMILES string of the molecule is CC(C)=CCCC(C)=CCCC(C)=CCOc1ccc2cc(C(=O)O)oc2c1. The average Bonchev–Trinajstić information content (AvgIpc) is 3.05. The Morgan fingerprint density at radius 2 is 1.68 bits per heavy atom. The van der Waals surface area contributed by atoms with Crippen molar-refractivity contribution < 1.29 is 19.1 Å². The molecule has 4 nitrogen and oxygen atoms in total. The predicted octanol–water partition coefficient (Wildman–Crippen LogP) is 6.93. The number of hydrogen-bond acceptors (Lipinski definition) is 3. The minimum Gasteiger partial charge on any atom is -0.489 e. The molecule has 0 radical (unpaired) electrons. The van der Waals surface area contributed by atoms with E-state index in [1.54, 1.807) is 12.1 Å². The lowest BCUT2D eigenvalue weighted by Crippen LogP contribution is -1.94. The van der Waals surface area contributed by atoms with Gasteiger partial charge in [0.05, 0.1) is 0 Å². The number of furan rings is 1. The van der Waals surface area contributed by atoms with Gasteiger partial charge in [-0.2, -0.15) is 0 Å². The van der Waals surface area contributed by atoms with Crippen LogP contribution >= 0.6 is 0 Å². The first-order valence-corrected chi connectivity index (χ1v) is 9.69. The predicted molar refractivity (Wildman–Crippen MR) is 114 cm³/mol. The number of ether oxygens (including phenoxy) is 1. The third kappa shape index (κ3) is 7.10. The van der Waals surface area contributed by atoms with Gasteiger partial charge in [-0.15, -0.1) is 0 Å². The van der Waals surface area contributed by atoms with Crippen molar-refractivity contribution in [2.75, 3.05) is 6.61 Å². The number of benzene rings is 1. The molecule has 0 amide bonds. The largest absolute Gasteiger partial charge is 0.489 e. The summed E-state index contributed by atoms with van der Waals surface area (Å²) in [6, 6.07) is 6.87. The van der Waals surface area contributed by atoms with E-state index in [9.17, 15) is 4.79 Å². The van der Waals surface area contributed by atoms with Crippen molar-refractivity contribution in [3.63, 3.8) is 0 Å². The minimum atomic E-state index is -1.07. The van der Waals surface area contributed by atoms with Gasteiger partial charge >= 0.3 is 5.97 Å². The highest BCUT2D eigenvalue weighted by Crippen LogP contribution is 2.24. The molecule has 1 aromatic heterocycles. The second-order valence-corrected chi connectivity index (χ2v) is 7.39. The maximum atomic E-state index is 11.0. The van der Waals surface area contributed by atoms with Crippen LogP contribution in [0.5, 0.6) is 5.75 Å². The van der Waals surface area contributed by atoms with Gasteiger partial charge in [0.2, 0.25) is 5.76 Å². The zero-order valence-corrected chi connectivity index (χ0v) is 17.2. The maximum Gasteiger partial charge on any atom is 0.371 e. The molecule has 0 saturated heterocycles.